The van der Waals surface area contributed by atoms with Gasteiger partial charge in [0.05, 0.1) is 0 Å². The van der Waals surface area contributed by atoms with Crippen LogP contribution in [0.5, 0.6) is 0 Å². The molecule has 0 bridgehead atoms. The third kappa shape index (κ3) is 46.9. The molecule has 60 heavy (non-hydrogen) atoms. The molecule has 352 valence electrons. The molecule has 0 aliphatic heterocycles. The van der Waals surface area contributed by atoms with Gasteiger partial charge in [-0.05, 0) is 70.6 Å². The summed E-state index contributed by atoms with van der Waals surface area (Å²) in [6, 6.07) is 0. The Labute approximate surface area is 373 Å². The van der Waals surface area contributed by atoms with Crippen molar-refractivity contribution in [2.24, 2.45) is 0 Å². The Morgan fingerprint density at radius 2 is 0.550 bits per heavy atom. The van der Waals surface area contributed by atoms with Gasteiger partial charge in [0.15, 0.2) is 6.10 Å². The average molecular weight is 845 g/mol. The van der Waals surface area contributed by atoms with Crippen molar-refractivity contribution in [1.82, 2.24) is 0 Å². The fourth-order valence-electron chi connectivity index (χ4n) is 7.67. The smallest absolute Gasteiger partial charge is 0.306 e. The van der Waals surface area contributed by atoms with Gasteiger partial charge in [0.2, 0.25) is 0 Å². The molecule has 0 amide bonds. The van der Waals surface area contributed by atoms with Crippen LogP contribution in [0.1, 0.15) is 284 Å². The predicted molar refractivity (Wildman–Crippen MR) is 256 cm³/mol. The van der Waals surface area contributed by atoms with Crippen LogP contribution in [0, 0.1) is 0 Å². The van der Waals surface area contributed by atoms with E-state index in [9.17, 15) is 14.4 Å². The number of hydrogen-bond acceptors (Lipinski definition) is 6. The maximum absolute atomic E-state index is 12.8. The minimum absolute atomic E-state index is 0.0738. The lowest BCUT2D eigenvalue weighted by Gasteiger charge is -2.18. The van der Waals surface area contributed by atoms with Crippen LogP contribution in [-0.2, 0) is 28.6 Å². The van der Waals surface area contributed by atoms with E-state index < -0.39 is 6.10 Å². The second kappa shape index (κ2) is 49.5. The largest absolute Gasteiger partial charge is 0.462 e. The topological polar surface area (TPSA) is 78.9 Å². The van der Waals surface area contributed by atoms with E-state index in [1.807, 2.05) is 0 Å². The standard InChI is InChI=1S/C54H100O6/c1-4-7-10-13-16-19-22-24-26-28-30-32-35-38-41-44-47-53(56)59-50-51(49-58-52(55)46-43-40-37-34-21-18-15-12-9-6-3)60-54(57)48-45-42-39-36-33-31-29-27-25-23-20-17-14-11-8-5-2/h26-29,51H,4-25,30-50H2,1-3H3/b28-26-,29-27-/t51-/m1/s1. The van der Waals surface area contributed by atoms with E-state index in [0.29, 0.717) is 19.3 Å². The molecule has 0 spiro atoms. The van der Waals surface area contributed by atoms with Crippen molar-refractivity contribution in [3.8, 4) is 0 Å². The molecule has 6 nitrogen and oxygen atoms in total. The van der Waals surface area contributed by atoms with Crippen molar-refractivity contribution in [2.75, 3.05) is 13.2 Å². The van der Waals surface area contributed by atoms with E-state index in [1.54, 1.807) is 0 Å². The summed E-state index contributed by atoms with van der Waals surface area (Å²) in [6.45, 7) is 6.63. The summed E-state index contributed by atoms with van der Waals surface area (Å²) in [6.07, 6.45) is 55.9. The van der Waals surface area contributed by atoms with Crippen LogP contribution in [0.4, 0.5) is 0 Å². The van der Waals surface area contributed by atoms with Crippen molar-refractivity contribution in [3.05, 3.63) is 24.3 Å². The van der Waals surface area contributed by atoms with Crippen LogP contribution in [-0.4, -0.2) is 37.2 Å². The van der Waals surface area contributed by atoms with Gasteiger partial charge in [-0.2, -0.15) is 0 Å². The quantitative estimate of drug-likeness (QED) is 0.0263. The maximum atomic E-state index is 12.8. The van der Waals surface area contributed by atoms with E-state index in [2.05, 4.69) is 45.1 Å². The summed E-state index contributed by atoms with van der Waals surface area (Å²) in [4.78, 5) is 37.9. The van der Waals surface area contributed by atoms with Crippen LogP contribution in [0.2, 0.25) is 0 Å². The Balaban J connectivity index is 4.34. The van der Waals surface area contributed by atoms with Gasteiger partial charge in [-0.15, -0.1) is 0 Å². The first-order valence-corrected chi connectivity index (χ1v) is 26.3. The highest BCUT2D eigenvalue weighted by Gasteiger charge is 2.19. The van der Waals surface area contributed by atoms with Crippen molar-refractivity contribution in [3.63, 3.8) is 0 Å². The number of esters is 3. The van der Waals surface area contributed by atoms with Gasteiger partial charge >= 0.3 is 17.9 Å². The molecule has 0 heterocycles. The van der Waals surface area contributed by atoms with Gasteiger partial charge in [0, 0.05) is 19.3 Å². The summed E-state index contributed by atoms with van der Waals surface area (Å²) in [5.41, 5.74) is 0. The second-order valence-electron chi connectivity index (χ2n) is 17.8. The fourth-order valence-corrected chi connectivity index (χ4v) is 7.67. The summed E-state index contributed by atoms with van der Waals surface area (Å²) < 4.78 is 16.8. The van der Waals surface area contributed by atoms with Crippen molar-refractivity contribution >= 4 is 17.9 Å². The molecule has 1 atom stereocenters. The van der Waals surface area contributed by atoms with Crippen LogP contribution in [0.3, 0.4) is 0 Å². The highest BCUT2D eigenvalue weighted by molar-refractivity contribution is 5.71. The zero-order valence-corrected chi connectivity index (χ0v) is 40.2. The first kappa shape index (κ1) is 57.9. The molecular weight excluding hydrogens is 745 g/mol. The van der Waals surface area contributed by atoms with Gasteiger partial charge in [-0.25, -0.2) is 0 Å². The lowest BCUT2D eigenvalue weighted by atomic mass is 10.1. The fraction of sp³-hybridized carbons (Fsp3) is 0.870. The van der Waals surface area contributed by atoms with E-state index >= 15 is 0 Å². The lowest BCUT2D eigenvalue weighted by Crippen LogP contribution is -2.30. The van der Waals surface area contributed by atoms with Crippen LogP contribution in [0.15, 0.2) is 24.3 Å². The molecule has 0 aromatic carbocycles. The first-order chi connectivity index (χ1) is 29.5. The number of carbonyl (C=O) groups excluding carboxylic acids is 3. The second-order valence-corrected chi connectivity index (χ2v) is 17.8. The maximum Gasteiger partial charge on any atom is 0.306 e. The van der Waals surface area contributed by atoms with E-state index in [-0.39, 0.29) is 31.1 Å². The Hall–Kier alpha value is -2.11. The van der Waals surface area contributed by atoms with Crippen molar-refractivity contribution in [2.45, 2.75) is 290 Å². The third-order valence-corrected chi connectivity index (χ3v) is 11.7. The minimum atomic E-state index is -0.773. The summed E-state index contributed by atoms with van der Waals surface area (Å²) in [5.74, 6) is -0.880. The Morgan fingerprint density at radius 3 is 0.833 bits per heavy atom. The predicted octanol–water partition coefficient (Wildman–Crippen LogP) is 17.2. The van der Waals surface area contributed by atoms with E-state index in [0.717, 1.165) is 70.6 Å². The molecule has 0 radical (unpaired) electrons. The van der Waals surface area contributed by atoms with Gasteiger partial charge in [0.25, 0.3) is 0 Å². The molecule has 0 saturated carbocycles. The monoisotopic (exact) mass is 845 g/mol. The van der Waals surface area contributed by atoms with Crippen LogP contribution >= 0.6 is 0 Å². The highest BCUT2D eigenvalue weighted by Crippen LogP contribution is 2.15. The number of rotatable bonds is 48. The zero-order valence-electron chi connectivity index (χ0n) is 40.2. The molecule has 0 N–H and O–H groups in total. The number of carbonyl (C=O) groups is 3. The molecule has 0 aliphatic carbocycles. The molecule has 0 aliphatic rings. The molecule has 0 aromatic heterocycles. The van der Waals surface area contributed by atoms with E-state index in [4.69, 9.17) is 14.2 Å². The molecule has 0 saturated heterocycles. The Morgan fingerprint density at radius 1 is 0.317 bits per heavy atom. The normalized spacial score (nSPS) is 12.1. The Bertz CT molecular complexity index is 973. The lowest BCUT2D eigenvalue weighted by molar-refractivity contribution is -0.167. The Kier molecular flexibility index (Phi) is 47.8. The van der Waals surface area contributed by atoms with Crippen LogP contribution < -0.4 is 0 Å². The molecule has 0 aromatic rings. The highest BCUT2D eigenvalue weighted by atomic mass is 16.6. The van der Waals surface area contributed by atoms with Gasteiger partial charge in [-0.3, -0.25) is 14.4 Å². The zero-order chi connectivity index (χ0) is 43.7. The summed E-state index contributed by atoms with van der Waals surface area (Å²) >= 11 is 0. The summed E-state index contributed by atoms with van der Waals surface area (Å²) in [5, 5.41) is 0. The molecule has 0 unspecified atom stereocenters. The summed E-state index contributed by atoms with van der Waals surface area (Å²) in [7, 11) is 0. The van der Waals surface area contributed by atoms with Crippen LogP contribution in [0.25, 0.3) is 0 Å². The van der Waals surface area contributed by atoms with Crippen molar-refractivity contribution < 1.29 is 28.6 Å². The average Bonchev–Trinajstić information content (AvgIpc) is 3.24. The number of hydrogen-bond donors (Lipinski definition) is 0. The minimum Gasteiger partial charge on any atom is -0.462 e. The number of allylic oxidation sites excluding steroid dienone is 4. The molecule has 6 heteroatoms. The number of ether oxygens (including phenoxy) is 3. The van der Waals surface area contributed by atoms with E-state index in [1.165, 1.54) is 173 Å². The third-order valence-electron chi connectivity index (χ3n) is 11.7. The number of unbranched alkanes of at least 4 members (excludes halogenated alkanes) is 33. The first-order valence-electron chi connectivity index (χ1n) is 26.3. The molecule has 0 rings (SSSR count). The van der Waals surface area contributed by atoms with Gasteiger partial charge < -0.3 is 14.2 Å². The van der Waals surface area contributed by atoms with Gasteiger partial charge in [0.1, 0.15) is 13.2 Å². The van der Waals surface area contributed by atoms with Gasteiger partial charge in [-0.1, -0.05) is 218 Å². The van der Waals surface area contributed by atoms with Crippen molar-refractivity contribution in [1.29, 1.82) is 0 Å². The SMILES string of the molecule is CCCCCCCCC/C=C\CCCCCCCC(=O)OC[C@@H](COC(=O)CCCCCCCCCCCC)OC(=O)CCCCCCC/C=C\CCCCCCCCC. The molecular formula is C54H100O6. The molecule has 0 fully saturated rings.